The van der Waals surface area contributed by atoms with E-state index in [0.717, 1.165) is 28.6 Å². The summed E-state index contributed by atoms with van der Waals surface area (Å²) in [6.45, 7) is 1.98. The Morgan fingerprint density at radius 2 is 2.00 bits per heavy atom. The second kappa shape index (κ2) is 8.71. The molecule has 28 heavy (non-hydrogen) atoms. The summed E-state index contributed by atoms with van der Waals surface area (Å²) in [4.78, 5) is 39.3. The summed E-state index contributed by atoms with van der Waals surface area (Å²) in [5.41, 5.74) is 2.69. The van der Waals surface area contributed by atoms with Crippen molar-refractivity contribution in [2.24, 2.45) is 4.99 Å². The first-order valence-corrected chi connectivity index (χ1v) is 9.34. The number of ether oxygens (including phenoxy) is 2. The average Bonchev–Trinajstić information content (AvgIpc) is 2.98. The summed E-state index contributed by atoms with van der Waals surface area (Å²) < 4.78 is 10.6. The van der Waals surface area contributed by atoms with E-state index < -0.39 is 22.4 Å². The number of benzene rings is 2. The zero-order chi connectivity index (χ0) is 20.1. The Hall–Kier alpha value is -3.13. The maximum absolute atomic E-state index is 12.1. The highest BCUT2D eigenvalue weighted by molar-refractivity contribution is 8.15. The molecular weight excluding hydrogens is 380 g/mol. The van der Waals surface area contributed by atoms with Crippen LogP contribution in [0.3, 0.4) is 0 Å². The monoisotopic (exact) mass is 398 g/mol. The van der Waals surface area contributed by atoms with Crippen molar-refractivity contribution >= 4 is 40.8 Å². The Balaban J connectivity index is 1.69. The van der Waals surface area contributed by atoms with Gasteiger partial charge in [-0.2, -0.15) is 0 Å². The number of aryl methyl sites for hydroxylation is 1. The molecule has 1 unspecified atom stereocenters. The number of hydrogen-bond acceptors (Lipinski definition) is 7. The molecule has 2 aromatic carbocycles. The van der Waals surface area contributed by atoms with Gasteiger partial charge in [-0.15, -0.1) is 0 Å². The third kappa shape index (κ3) is 4.77. The van der Waals surface area contributed by atoms with E-state index in [1.54, 1.807) is 24.4 Å². The van der Waals surface area contributed by atoms with Gasteiger partial charge in [0, 0.05) is 6.21 Å². The summed E-state index contributed by atoms with van der Waals surface area (Å²) in [6, 6.07) is 12.8. The first kappa shape index (κ1) is 19.6. The van der Waals surface area contributed by atoms with Crippen molar-refractivity contribution in [1.29, 1.82) is 0 Å². The molecule has 0 bridgehead atoms. The minimum Gasteiger partial charge on any atom is -0.493 e. The lowest BCUT2D eigenvalue weighted by Gasteiger charge is -2.11. The molecule has 1 aliphatic rings. The molecule has 2 aromatic rings. The number of nitrogens with zero attached hydrogens (tertiary/aromatic N) is 1. The van der Waals surface area contributed by atoms with Crippen LogP contribution in [-0.2, 0) is 9.59 Å². The minimum absolute atomic E-state index is 0.206. The molecule has 1 heterocycles. The first-order valence-electron chi connectivity index (χ1n) is 8.46. The topological polar surface area (TPSA) is 94.1 Å². The molecule has 8 heteroatoms. The number of imide groups is 1. The van der Waals surface area contributed by atoms with E-state index in [1.165, 1.54) is 7.11 Å². The predicted molar refractivity (Wildman–Crippen MR) is 107 cm³/mol. The quantitative estimate of drug-likeness (QED) is 0.455. The third-order valence-electron chi connectivity index (χ3n) is 4.00. The molecule has 1 N–H and O–H groups in total. The second-order valence-corrected chi connectivity index (χ2v) is 7.19. The van der Waals surface area contributed by atoms with Crippen LogP contribution in [0.2, 0.25) is 0 Å². The molecule has 0 aliphatic carbocycles. The van der Waals surface area contributed by atoms with Crippen LogP contribution in [0.5, 0.6) is 11.5 Å². The van der Waals surface area contributed by atoms with Crippen molar-refractivity contribution in [1.82, 2.24) is 5.32 Å². The van der Waals surface area contributed by atoms with Crippen LogP contribution in [0, 0.1) is 6.92 Å². The SMILES string of the molecule is COc1cc(C=Nc2ccccc2C)ccc1OC(=O)CC1SC(=O)NC1=O. The van der Waals surface area contributed by atoms with Gasteiger partial charge in [0.05, 0.1) is 19.2 Å². The Labute approximate surface area is 166 Å². The van der Waals surface area contributed by atoms with Gasteiger partial charge >= 0.3 is 5.97 Å². The van der Waals surface area contributed by atoms with Crippen molar-refractivity contribution in [3.63, 3.8) is 0 Å². The zero-order valence-electron chi connectivity index (χ0n) is 15.3. The van der Waals surface area contributed by atoms with E-state index in [4.69, 9.17) is 9.47 Å². The molecule has 0 aromatic heterocycles. The Morgan fingerprint density at radius 3 is 2.68 bits per heavy atom. The van der Waals surface area contributed by atoms with Crippen LogP contribution in [0.4, 0.5) is 10.5 Å². The Bertz CT molecular complexity index is 957. The number of para-hydroxylation sites is 1. The maximum Gasteiger partial charge on any atom is 0.312 e. The van der Waals surface area contributed by atoms with E-state index in [1.807, 2.05) is 31.2 Å². The second-order valence-electron chi connectivity index (χ2n) is 6.02. The molecule has 144 valence electrons. The van der Waals surface area contributed by atoms with E-state index in [2.05, 4.69) is 10.3 Å². The fraction of sp³-hybridized carbons (Fsp3) is 0.200. The molecule has 1 saturated heterocycles. The fourth-order valence-electron chi connectivity index (χ4n) is 2.54. The highest BCUT2D eigenvalue weighted by Crippen LogP contribution is 2.29. The van der Waals surface area contributed by atoms with Gasteiger partial charge < -0.3 is 9.47 Å². The highest BCUT2D eigenvalue weighted by atomic mass is 32.2. The molecule has 0 spiro atoms. The maximum atomic E-state index is 12.1. The Morgan fingerprint density at radius 1 is 1.21 bits per heavy atom. The van der Waals surface area contributed by atoms with Gasteiger partial charge in [-0.25, -0.2) is 0 Å². The molecule has 1 aliphatic heterocycles. The molecular formula is C20H18N2O5S. The number of aliphatic imine (C=N–C) groups is 1. The largest absolute Gasteiger partial charge is 0.493 e. The van der Waals surface area contributed by atoms with Gasteiger partial charge in [0.25, 0.3) is 5.24 Å². The van der Waals surface area contributed by atoms with Crippen LogP contribution >= 0.6 is 11.8 Å². The molecule has 7 nitrogen and oxygen atoms in total. The lowest BCUT2D eigenvalue weighted by atomic mass is 10.2. The standard InChI is InChI=1S/C20H18N2O5S/c1-12-5-3-4-6-14(12)21-11-13-7-8-15(16(9-13)26-2)27-18(23)10-17-19(24)22-20(25)28-17/h3-9,11,17H,10H2,1-2H3,(H,22,24,25). The number of rotatable bonds is 6. The molecule has 0 radical (unpaired) electrons. The lowest BCUT2D eigenvalue weighted by molar-refractivity contribution is -0.136. The van der Waals surface area contributed by atoms with Crippen molar-refractivity contribution < 1.29 is 23.9 Å². The summed E-state index contributed by atoms with van der Waals surface area (Å²) in [7, 11) is 1.47. The van der Waals surface area contributed by atoms with E-state index in [0.29, 0.717) is 5.75 Å². The summed E-state index contributed by atoms with van der Waals surface area (Å²) in [6.07, 6.45) is 1.49. The number of methoxy groups -OCH3 is 1. The van der Waals surface area contributed by atoms with Crippen LogP contribution < -0.4 is 14.8 Å². The van der Waals surface area contributed by atoms with Crippen molar-refractivity contribution in [2.45, 2.75) is 18.6 Å². The van der Waals surface area contributed by atoms with Gasteiger partial charge in [-0.3, -0.25) is 24.7 Å². The molecule has 0 saturated carbocycles. The van der Waals surface area contributed by atoms with Gasteiger partial charge in [0.1, 0.15) is 5.25 Å². The summed E-state index contributed by atoms with van der Waals surface area (Å²) in [5, 5.41) is 0.903. The van der Waals surface area contributed by atoms with Gasteiger partial charge in [-0.05, 0) is 42.3 Å². The van der Waals surface area contributed by atoms with E-state index in [-0.39, 0.29) is 12.2 Å². The fourth-order valence-corrected chi connectivity index (χ4v) is 3.35. The van der Waals surface area contributed by atoms with Crippen LogP contribution in [0.25, 0.3) is 0 Å². The van der Waals surface area contributed by atoms with Crippen molar-refractivity contribution in [2.75, 3.05) is 7.11 Å². The van der Waals surface area contributed by atoms with Crippen LogP contribution in [0.15, 0.2) is 47.5 Å². The summed E-state index contributed by atoms with van der Waals surface area (Å²) in [5.74, 6) is -0.513. The first-order chi connectivity index (χ1) is 13.5. The Kier molecular flexibility index (Phi) is 6.10. The number of amides is 2. The van der Waals surface area contributed by atoms with E-state index >= 15 is 0 Å². The molecule has 1 atom stereocenters. The third-order valence-corrected chi connectivity index (χ3v) is 4.98. The normalized spacial score (nSPS) is 16.3. The molecule has 2 amide bonds. The minimum atomic E-state index is -0.772. The summed E-state index contributed by atoms with van der Waals surface area (Å²) >= 11 is 0.782. The number of carbonyl (C=O) groups is 3. The number of esters is 1. The predicted octanol–water partition coefficient (Wildman–Crippen LogP) is 3.40. The van der Waals surface area contributed by atoms with E-state index in [9.17, 15) is 14.4 Å². The van der Waals surface area contributed by atoms with Crippen LogP contribution in [0.1, 0.15) is 17.5 Å². The lowest BCUT2D eigenvalue weighted by Crippen LogP contribution is -2.27. The van der Waals surface area contributed by atoms with Crippen LogP contribution in [-0.4, -0.2) is 35.7 Å². The number of nitrogens with one attached hydrogen (secondary N) is 1. The average molecular weight is 398 g/mol. The van der Waals surface area contributed by atoms with Gasteiger partial charge in [0.15, 0.2) is 11.5 Å². The number of carbonyl (C=O) groups excluding carboxylic acids is 3. The molecule has 1 fully saturated rings. The van der Waals surface area contributed by atoms with Gasteiger partial charge in [-0.1, -0.05) is 30.0 Å². The molecule has 3 rings (SSSR count). The number of hydrogen-bond donors (Lipinski definition) is 1. The highest BCUT2D eigenvalue weighted by Gasteiger charge is 2.34. The van der Waals surface area contributed by atoms with Crippen molar-refractivity contribution in [3.8, 4) is 11.5 Å². The number of thioether (sulfide) groups is 1. The van der Waals surface area contributed by atoms with Gasteiger partial charge in [0.2, 0.25) is 5.91 Å². The zero-order valence-corrected chi connectivity index (χ0v) is 16.1. The van der Waals surface area contributed by atoms with Crippen molar-refractivity contribution in [3.05, 3.63) is 53.6 Å². The smallest absolute Gasteiger partial charge is 0.312 e.